The fourth-order valence-electron chi connectivity index (χ4n) is 3.51. The van der Waals surface area contributed by atoms with Gasteiger partial charge >= 0.3 is 0 Å². The van der Waals surface area contributed by atoms with Gasteiger partial charge in [-0.1, -0.05) is 30.3 Å². The summed E-state index contributed by atoms with van der Waals surface area (Å²) < 4.78 is 52.7. The third-order valence-electron chi connectivity index (χ3n) is 4.98. The minimum atomic E-state index is -3.65. The van der Waals surface area contributed by atoms with Crippen molar-refractivity contribution in [2.45, 2.75) is 12.7 Å². The standard InChI is InChI=1S/C21H26N4O6S2/c1-16(26)22-18-8-9-20(23-32(2,28)29)19(14-18)21(27)24-10-12-25(13-11-24)33(30,31)15-17-6-4-3-5-7-17/h3-9,14,23H,10-13,15H2,1-2H3,(H,22,26). The molecule has 1 aliphatic heterocycles. The highest BCUT2D eigenvalue weighted by molar-refractivity contribution is 7.92. The van der Waals surface area contributed by atoms with Gasteiger partial charge in [0.15, 0.2) is 0 Å². The Bertz CT molecular complexity index is 1240. The first-order valence-corrected chi connectivity index (χ1v) is 13.6. The quantitative estimate of drug-likeness (QED) is 0.596. The molecule has 0 bridgehead atoms. The molecule has 3 rings (SSSR count). The molecule has 10 nitrogen and oxygen atoms in total. The zero-order chi connectivity index (χ0) is 24.2. The lowest BCUT2D eigenvalue weighted by atomic mass is 10.1. The van der Waals surface area contributed by atoms with E-state index in [0.717, 1.165) is 6.26 Å². The molecule has 2 amide bonds. The molecule has 12 heteroatoms. The van der Waals surface area contributed by atoms with Gasteiger partial charge in [0.05, 0.1) is 23.3 Å². The largest absolute Gasteiger partial charge is 0.336 e. The second-order valence-corrected chi connectivity index (χ2v) is 11.5. The maximum atomic E-state index is 13.2. The van der Waals surface area contributed by atoms with E-state index < -0.39 is 26.0 Å². The molecule has 0 unspecified atom stereocenters. The van der Waals surface area contributed by atoms with Gasteiger partial charge in [0.25, 0.3) is 5.91 Å². The molecule has 33 heavy (non-hydrogen) atoms. The van der Waals surface area contributed by atoms with E-state index >= 15 is 0 Å². The third kappa shape index (κ3) is 6.76. The maximum absolute atomic E-state index is 13.2. The number of nitrogens with zero attached hydrogens (tertiary/aromatic N) is 2. The van der Waals surface area contributed by atoms with Gasteiger partial charge in [-0.3, -0.25) is 14.3 Å². The number of carbonyl (C=O) groups excluding carboxylic acids is 2. The molecule has 1 heterocycles. The molecule has 2 aromatic carbocycles. The molecule has 0 saturated carbocycles. The van der Waals surface area contributed by atoms with Crippen LogP contribution in [0.15, 0.2) is 48.5 Å². The monoisotopic (exact) mass is 494 g/mol. The summed E-state index contributed by atoms with van der Waals surface area (Å²) in [7, 11) is -7.20. The number of anilines is 2. The molecule has 0 aliphatic carbocycles. The summed E-state index contributed by atoms with van der Waals surface area (Å²) in [5.74, 6) is -0.925. The predicted octanol–water partition coefficient (Wildman–Crippen LogP) is 1.30. The Balaban J connectivity index is 1.76. The Morgan fingerprint density at radius 2 is 1.58 bits per heavy atom. The molecule has 178 valence electrons. The van der Waals surface area contributed by atoms with E-state index in [-0.39, 0.29) is 49.1 Å². The van der Waals surface area contributed by atoms with Gasteiger partial charge in [0.1, 0.15) is 0 Å². The van der Waals surface area contributed by atoms with Crippen LogP contribution in [-0.2, 0) is 30.6 Å². The van der Waals surface area contributed by atoms with Crippen molar-refractivity contribution >= 4 is 43.2 Å². The van der Waals surface area contributed by atoms with E-state index in [9.17, 15) is 26.4 Å². The van der Waals surface area contributed by atoms with Crippen molar-refractivity contribution in [2.75, 3.05) is 42.5 Å². The van der Waals surface area contributed by atoms with Crippen molar-refractivity contribution in [1.29, 1.82) is 0 Å². The molecule has 2 N–H and O–H groups in total. The first-order valence-electron chi connectivity index (χ1n) is 10.1. The van der Waals surface area contributed by atoms with Gasteiger partial charge in [-0.25, -0.2) is 16.8 Å². The van der Waals surface area contributed by atoms with E-state index in [1.54, 1.807) is 24.3 Å². The molecule has 0 spiro atoms. The summed E-state index contributed by atoms with van der Waals surface area (Å²) in [5.41, 5.74) is 1.17. The van der Waals surface area contributed by atoms with Crippen molar-refractivity contribution in [1.82, 2.24) is 9.21 Å². The zero-order valence-electron chi connectivity index (χ0n) is 18.3. The van der Waals surface area contributed by atoms with E-state index in [2.05, 4.69) is 10.0 Å². The molecular formula is C21H26N4O6S2. The van der Waals surface area contributed by atoms with E-state index in [1.165, 1.54) is 34.3 Å². The first-order chi connectivity index (χ1) is 15.4. The number of hydrogen-bond acceptors (Lipinski definition) is 6. The zero-order valence-corrected chi connectivity index (χ0v) is 19.9. The van der Waals surface area contributed by atoms with Crippen LogP contribution < -0.4 is 10.0 Å². The number of nitrogens with one attached hydrogen (secondary N) is 2. The van der Waals surface area contributed by atoms with Crippen LogP contribution in [0.5, 0.6) is 0 Å². The van der Waals surface area contributed by atoms with E-state index in [1.807, 2.05) is 6.07 Å². The number of hydrogen-bond donors (Lipinski definition) is 2. The number of rotatable bonds is 7. The number of carbonyl (C=O) groups is 2. The van der Waals surface area contributed by atoms with E-state index in [4.69, 9.17) is 0 Å². The second-order valence-electron chi connectivity index (χ2n) is 7.75. The lowest BCUT2D eigenvalue weighted by Crippen LogP contribution is -2.50. The summed E-state index contributed by atoms with van der Waals surface area (Å²) in [6, 6.07) is 13.1. The van der Waals surface area contributed by atoms with Crippen LogP contribution in [-0.4, -0.2) is 70.3 Å². The summed E-state index contributed by atoms with van der Waals surface area (Å²) in [6.45, 7) is 1.87. The Morgan fingerprint density at radius 1 is 0.939 bits per heavy atom. The van der Waals surface area contributed by atoms with Crippen molar-refractivity contribution < 1.29 is 26.4 Å². The maximum Gasteiger partial charge on any atom is 0.256 e. The number of piperazine rings is 1. The van der Waals surface area contributed by atoms with Gasteiger partial charge in [0.2, 0.25) is 26.0 Å². The van der Waals surface area contributed by atoms with Crippen LogP contribution in [0.1, 0.15) is 22.8 Å². The topological polar surface area (TPSA) is 133 Å². The average molecular weight is 495 g/mol. The minimum absolute atomic E-state index is 0.0623. The van der Waals surface area contributed by atoms with Gasteiger partial charge in [-0.2, -0.15) is 4.31 Å². The summed E-state index contributed by atoms with van der Waals surface area (Å²) in [5, 5.41) is 2.57. The fourth-order valence-corrected chi connectivity index (χ4v) is 5.60. The van der Waals surface area contributed by atoms with Crippen LogP contribution in [0.4, 0.5) is 11.4 Å². The molecular weight excluding hydrogens is 468 g/mol. The van der Waals surface area contributed by atoms with Gasteiger partial charge < -0.3 is 10.2 Å². The van der Waals surface area contributed by atoms with Crippen LogP contribution in [0.25, 0.3) is 0 Å². The summed E-state index contributed by atoms with van der Waals surface area (Å²) >= 11 is 0. The molecule has 2 aromatic rings. The van der Waals surface area contributed by atoms with Crippen molar-refractivity contribution in [2.24, 2.45) is 0 Å². The summed E-state index contributed by atoms with van der Waals surface area (Å²) in [6.07, 6.45) is 0.972. The van der Waals surface area contributed by atoms with Gasteiger partial charge in [-0.05, 0) is 23.8 Å². The molecule has 0 atom stereocenters. The molecule has 1 saturated heterocycles. The van der Waals surface area contributed by atoms with Crippen LogP contribution in [0.3, 0.4) is 0 Å². The second kappa shape index (κ2) is 9.89. The van der Waals surface area contributed by atoms with E-state index in [0.29, 0.717) is 11.3 Å². The highest BCUT2D eigenvalue weighted by atomic mass is 32.2. The van der Waals surface area contributed by atoms with Gasteiger partial charge in [-0.15, -0.1) is 0 Å². The van der Waals surface area contributed by atoms with Crippen molar-refractivity contribution in [3.05, 3.63) is 59.7 Å². The first kappa shape index (κ1) is 24.7. The highest BCUT2D eigenvalue weighted by Crippen LogP contribution is 2.24. The Kier molecular flexibility index (Phi) is 7.40. The number of benzene rings is 2. The number of sulfonamides is 2. The van der Waals surface area contributed by atoms with Crippen molar-refractivity contribution in [3.63, 3.8) is 0 Å². The molecule has 1 fully saturated rings. The Hall–Kier alpha value is -2.96. The molecule has 0 radical (unpaired) electrons. The lowest BCUT2D eigenvalue weighted by molar-refractivity contribution is -0.114. The van der Waals surface area contributed by atoms with Crippen molar-refractivity contribution in [3.8, 4) is 0 Å². The van der Waals surface area contributed by atoms with Crippen LogP contribution >= 0.6 is 0 Å². The van der Waals surface area contributed by atoms with Gasteiger partial charge in [0, 0.05) is 38.8 Å². The highest BCUT2D eigenvalue weighted by Gasteiger charge is 2.30. The fraction of sp³-hybridized carbons (Fsp3) is 0.333. The van der Waals surface area contributed by atoms with Crippen LogP contribution in [0, 0.1) is 0 Å². The predicted molar refractivity (Wildman–Crippen MR) is 126 cm³/mol. The number of amides is 2. The Labute approximate surface area is 193 Å². The average Bonchev–Trinajstić information content (AvgIpc) is 2.73. The Morgan fingerprint density at radius 3 is 2.15 bits per heavy atom. The normalized spacial score (nSPS) is 15.2. The van der Waals surface area contributed by atoms with Crippen LogP contribution in [0.2, 0.25) is 0 Å². The third-order valence-corrected chi connectivity index (χ3v) is 7.42. The smallest absolute Gasteiger partial charge is 0.256 e. The minimum Gasteiger partial charge on any atom is -0.336 e. The molecule has 1 aliphatic rings. The SMILES string of the molecule is CC(=O)Nc1ccc(NS(C)(=O)=O)c(C(=O)N2CCN(S(=O)(=O)Cc3ccccc3)CC2)c1. The lowest BCUT2D eigenvalue weighted by Gasteiger charge is -2.34. The molecule has 0 aromatic heterocycles. The summed E-state index contributed by atoms with van der Waals surface area (Å²) in [4.78, 5) is 26.1.